The molecule has 5 heteroatoms. The van der Waals surface area contributed by atoms with Gasteiger partial charge < -0.3 is 15.0 Å². The Kier molecular flexibility index (Phi) is 4.01. The molecule has 1 fully saturated rings. The Bertz CT molecular complexity index is 402. The minimum Gasteiger partial charge on any atom is -0.379 e. The van der Waals surface area contributed by atoms with E-state index < -0.39 is 0 Å². The Morgan fingerprint density at radius 2 is 2.22 bits per heavy atom. The van der Waals surface area contributed by atoms with Gasteiger partial charge >= 0.3 is 0 Å². The Labute approximate surface area is 109 Å². The van der Waals surface area contributed by atoms with Gasteiger partial charge in [0, 0.05) is 32.7 Å². The number of anilines is 2. The van der Waals surface area contributed by atoms with Gasteiger partial charge in [-0.05, 0) is 6.42 Å². The topological polar surface area (TPSA) is 50.3 Å². The van der Waals surface area contributed by atoms with Crippen LogP contribution in [0.15, 0.2) is 6.07 Å². The Morgan fingerprint density at radius 1 is 1.44 bits per heavy atom. The number of rotatable bonds is 4. The molecular weight excluding hydrogens is 228 g/mol. The maximum Gasteiger partial charge on any atom is 0.135 e. The molecule has 100 valence electrons. The molecule has 0 bridgehead atoms. The smallest absolute Gasteiger partial charge is 0.135 e. The van der Waals surface area contributed by atoms with Crippen molar-refractivity contribution in [2.75, 3.05) is 37.5 Å². The van der Waals surface area contributed by atoms with Crippen molar-refractivity contribution < 1.29 is 4.74 Å². The maximum absolute atomic E-state index is 5.43. The molecule has 0 saturated carbocycles. The lowest BCUT2D eigenvalue weighted by atomic mass is 10.2. The van der Waals surface area contributed by atoms with Gasteiger partial charge in [0.05, 0.1) is 12.6 Å². The van der Waals surface area contributed by atoms with Gasteiger partial charge in [-0.15, -0.1) is 0 Å². The number of hydrogen-bond acceptors (Lipinski definition) is 5. The van der Waals surface area contributed by atoms with Crippen molar-refractivity contribution in [3.05, 3.63) is 11.9 Å². The average Bonchev–Trinajstić information content (AvgIpc) is 2.91. The molecule has 1 N–H and O–H groups in total. The van der Waals surface area contributed by atoms with E-state index in [0.717, 1.165) is 37.1 Å². The lowest BCUT2D eigenvalue weighted by Gasteiger charge is -2.25. The summed E-state index contributed by atoms with van der Waals surface area (Å²) in [6, 6.07) is 2.41. The first-order valence-electron chi connectivity index (χ1n) is 6.49. The van der Waals surface area contributed by atoms with Crippen LogP contribution < -0.4 is 10.2 Å². The van der Waals surface area contributed by atoms with Gasteiger partial charge in [-0.2, -0.15) is 0 Å². The number of hydrogen-bond donors (Lipinski definition) is 1. The highest BCUT2D eigenvalue weighted by atomic mass is 16.5. The minimum atomic E-state index is 0.324. The van der Waals surface area contributed by atoms with E-state index in [-0.39, 0.29) is 0 Å². The van der Waals surface area contributed by atoms with E-state index in [4.69, 9.17) is 4.74 Å². The molecule has 1 aliphatic rings. The van der Waals surface area contributed by atoms with Gasteiger partial charge in [-0.3, -0.25) is 0 Å². The average molecular weight is 250 g/mol. The van der Waals surface area contributed by atoms with Crippen LogP contribution in [0.2, 0.25) is 0 Å². The summed E-state index contributed by atoms with van der Waals surface area (Å²) in [6.07, 6.45) is 1.06. The van der Waals surface area contributed by atoms with Crippen molar-refractivity contribution in [3.63, 3.8) is 0 Å². The maximum atomic E-state index is 5.43. The molecule has 0 aliphatic carbocycles. The van der Waals surface area contributed by atoms with Crippen molar-refractivity contribution >= 4 is 11.6 Å². The fourth-order valence-corrected chi connectivity index (χ4v) is 2.03. The molecular formula is C13H22N4O. The quantitative estimate of drug-likeness (QED) is 0.884. The molecule has 2 heterocycles. The van der Waals surface area contributed by atoms with Gasteiger partial charge in [0.15, 0.2) is 0 Å². The highest BCUT2D eigenvalue weighted by Crippen LogP contribution is 2.22. The fraction of sp³-hybridized carbons (Fsp3) is 0.692. The van der Waals surface area contributed by atoms with Crippen LogP contribution in [0.1, 0.15) is 32.0 Å². The highest BCUT2D eigenvalue weighted by Gasteiger charge is 2.22. The summed E-state index contributed by atoms with van der Waals surface area (Å²) in [7, 11) is 3.96. The molecule has 2 rings (SSSR count). The lowest BCUT2D eigenvalue weighted by molar-refractivity contribution is 0.193. The molecule has 1 atom stereocenters. The van der Waals surface area contributed by atoms with E-state index in [1.54, 1.807) is 0 Å². The Balaban J connectivity index is 2.27. The van der Waals surface area contributed by atoms with Crippen LogP contribution in [0.25, 0.3) is 0 Å². The van der Waals surface area contributed by atoms with Crippen LogP contribution in [-0.4, -0.2) is 43.3 Å². The molecule has 1 saturated heterocycles. The number of ether oxygens (including phenoxy) is 1. The summed E-state index contributed by atoms with van der Waals surface area (Å²) in [5.41, 5.74) is 0. The van der Waals surface area contributed by atoms with Crippen LogP contribution >= 0.6 is 0 Å². The first-order chi connectivity index (χ1) is 8.61. The van der Waals surface area contributed by atoms with Gasteiger partial charge in [-0.25, -0.2) is 9.97 Å². The predicted molar refractivity (Wildman–Crippen MR) is 73.3 cm³/mol. The first kappa shape index (κ1) is 13.1. The van der Waals surface area contributed by atoms with Crippen molar-refractivity contribution in [3.8, 4) is 0 Å². The number of nitrogens with zero attached hydrogens (tertiary/aromatic N) is 3. The van der Waals surface area contributed by atoms with Gasteiger partial charge in [-0.1, -0.05) is 13.8 Å². The van der Waals surface area contributed by atoms with E-state index in [1.165, 1.54) is 0 Å². The van der Waals surface area contributed by atoms with Gasteiger partial charge in [0.1, 0.15) is 17.5 Å². The summed E-state index contributed by atoms with van der Waals surface area (Å²) in [5.74, 6) is 3.04. The molecule has 0 amide bonds. The van der Waals surface area contributed by atoms with Crippen molar-refractivity contribution in [2.24, 2.45) is 0 Å². The van der Waals surface area contributed by atoms with Crippen LogP contribution in [0.3, 0.4) is 0 Å². The van der Waals surface area contributed by atoms with Crippen LogP contribution in [0.4, 0.5) is 11.6 Å². The first-order valence-corrected chi connectivity index (χ1v) is 6.49. The van der Waals surface area contributed by atoms with E-state index in [2.05, 4.69) is 41.1 Å². The molecule has 0 spiro atoms. The molecule has 0 radical (unpaired) electrons. The van der Waals surface area contributed by atoms with Crippen LogP contribution in [0.5, 0.6) is 0 Å². The largest absolute Gasteiger partial charge is 0.379 e. The van der Waals surface area contributed by atoms with Crippen LogP contribution in [-0.2, 0) is 4.74 Å². The zero-order valence-corrected chi connectivity index (χ0v) is 11.6. The third-order valence-electron chi connectivity index (χ3n) is 3.32. The summed E-state index contributed by atoms with van der Waals surface area (Å²) in [6.45, 7) is 5.84. The van der Waals surface area contributed by atoms with Crippen molar-refractivity contribution in [1.29, 1.82) is 0 Å². The second-order valence-corrected chi connectivity index (χ2v) is 5.00. The van der Waals surface area contributed by atoms with Gasteiger partial charge in [0.2, 0.25) is 0 Å². The summed E-state index contributed by atoms with van der Waals surface area (Å²) < 4.78 is 5.43. The molecule has 0 aromatic carbocycles. The number of aromatic nitrogens is 2. The predicted octanol–water partition coefficient (Wildman–Crippen LogP) is 1.87. The molecule has 1 aromatic rings. The Morgan fingerprint density at radius 3 is 2.78 bits per heavy atom. The monoisotopic (exact) mass is 250 g/mol. The SMILES string of the molecule is CNc1cc(N(C)C2CCOC2)nc(C(C)C)n1. The fourth-order valence-electron chi connectivity index (χ4n) is 2.03. The molecule has 5 nitrogen and oxygen atoms in total. The molecule has 1 aromatic heterocycles. The van der Waals surface area contributed by atoms with Crippen LogP contribution in [0, 0.1) is 0 Å². The number of nitrogens with one attached hydrogen (secondary N) is 1. The zero-order chi connectivity index (χ0) is 13.1. The van der Waals surface area contributed by atoms with E-state index >= 15 is 0 Å². The van der Waals surface area contributed by atoms with Gasteiger partial charge in [0.25, 0.3) is 0 Å². The Hall–Kier alpha value is -1.36. The normalized spacial score (nSPS) is 19.3. The van der Waals surface area contributed by atoms with Crippen molar-refractivity contribution in [1.82, 2.24) is 9.97 Å². The van der Waals surface area contributed by atoms with E-state index in [1.807, 2.05) is 13.1 Å². The minimum absolute atomic E-state index is 0.324. The lowest BCUT2D eigenvalue weighted by Crippen LogP contribution is -2.32. The zero-order valence-electron chi connectivity index (χ0n) is 11.6. The summed E-state index contributed by atoms with van der Waals surface area (Å²) in [4.78, 5) is 11.3. The molecule has 1 aliphatic heterocycles. The second-order valence-electron chi connectivity index (χ2n) is 5.00. The third kappa shape index (κ3) is 2.72. The summed E-state index contributed by atoms with van der Waals surface area (Å²) >= 11 is 0. The summed E-state index contributed by atoms with van der Waals surface area (Å²) in [5, 5.41) is 3.10. The molecule has 18 heavy (non-hydrogen) atoms. The molecule has 1 unspecified atom stereocenters. The number of likely N-dealkylation sites (N-methyl/N-ethyl adjacent to an activating group) is 1. The van der Waals surface area contributed by atoms with E-state index in [9.17, 15) is 0 Å². The second kappa shape index (κ2) is 5.52. The third-order valence-corrected chi connectivity index (χ3v) is 3.32. The highest BCUT2D eigenvalue weighted by molar-refractivity contribution is 5.49. The van der Waals surface area contributed by atoms with E-state index in [0.29, 0.717) is 12.0 Å². The van der Waals surface area contributed by atoms with Crippen molar-refractivity contribution in [2.45, 2.75) is 32.2 Å². The standard InChI is InChI=1S/C13H22N4O/c1-9(2)13-15-11(14-3)7-12(16-13)17(4)10-5-6-18-8-10/h7,9-10H,5-6,8H2,1-4H3,(H,14,15,16).